The van der Waals surface area contributed by atoms with Crippen LogP contribution < -0.4 is 0 Å². The minimum Gasteiger partial charge on any atom is -0.478 e. The van der Waals surface area contributed by atoms with E-state index in [1.165, 1.54) is 25.5 Å². The van der Waals surface area contributed by atoms with Crippen LogP contribution in [0, 0.1) is 5.92 Å². The molecule has 0 spiro atoms. The highest BCUT2D eigenvalue weighted by Crippen LogP contribution is 2.28. The van der Waals surface area contributed by atoms with Crippen molar-refractivity contribution in [1.29, 1.82) is 0 Å². The van der Waals surface area contributed by atoms with E-state index in [4.69, 9.17) is 5.11 Å². The molecule has 4 heteroatoms. The second-order valence-corrected chi connectivity index (χ2v) is 4.31. The highest BCUT2D eigenvalue weighted by atomic mass is 16.4. The standard InChI is InChI=1S/C12H16N2O2/c1-2-10-9(12(15)16)7-13-11(14-10)6-8-4-3-5-8/h7-8H,2-6H2,1H3,(H,15,16). The van der Waals surface area contributed by atoms with Gasteiger partial charge in [-0.1, -0.05) is 26.2 Å². The van der Waals surface area contributed by atoms with Crippen LogP contribution in [0.15, 0.2) is 6.20 Å². The minimum absolute atomic E-state index is 0.236. The summed E-state index contributed by atoms with van der Waals surface area (Å²) in [5, 5.41) is 8.95. The molecule has 1 heterocycles. The summed E-state index contributed by atoms with van der Waals surface area (Å²) in [6.45, 7) is 1.92. The van der Waals surface area contributed by atoms with Crippen LogP contribution in [0.3, 0.4) is 0 Å². The molecule has 1 aliphatic carbocycles. The normalized spacial score (nSPS) is 15.8. The highest BCUT2D eigenvalue weighted by Gasteiger charge is 2.20. The molecule has 86 valence electrons. The van der Waals surface area contributed by atoms with Gasteiger partial charge in [0.15, 0.2) is 0 Å². The maximum Gasteiger partial charge on any atom is 0.339 e. The van der Waals surface area contributed by atoms with Crippen LogP contribution >= 0.6 is 0 Å². The first kappa shape index (κ1) is 11.0. The zero-order chi connectivity index (χ0) is 11.5. The largest absolute Gasteiger partial charge is 0.478 e. The number of nitrogens with zero attached hydrogens (tertiary/aromatic N) is 2. The molecule has 0 atom stereocenters. The summed E-state index contributed by atoms with van der Waals surface area (Å²) in [5.41, 5.74) is 0.886. The fraction of sp³-hybridized carbons (Fsp3) is 0.583. The molecule has 2 rings (SSSR count). The molecule has 1 aromatic rings. The van der Waals surface area contributed by atoms with Gasteiger partial charge < -0.3 is 5.11 Å². The van der Waals surface area contributed by atoms with E-state index < -0.39 is 5.97 Å². The van der Waals surface area contributed by atoms with Gasteiger partial charge in [0.05, 0.1) is 11.3 Å². The summed E-state index contributed by atoms with van der Waals surface area (Å²) >= 11 is 0. The zero-order valence-electron chi connectivity index (χ0n) is 9.44. The van der Waals surface area contributed by atoms with Crippen molar-refractivity contribution in [2.75, 3.05) is 0 Å². The van der Waals surface area contributed by atoms with Gasteiger partial charge in [0.25, 0.3) is 0 Å². The molecular formula is C12H16N2O2. The van der Waals surface area contributed by atoms with Crippen LogP contribution in [0.4, 0.5) is 0 Å². The number of hydrogen-bond acceptors (Lipinski definition) is 3. The van der Waals surface area contributed by atoms with Crippen molar-refractivity contribution in [1.82, 2.24) is 9.97 Å². The third kappa shape index (κ3) is 2.21. The Morgan fingerprint density at radius 1 is 1.56 bits per heavy atom. The number of aryl methyl sites for hydroxylation is 1. The Balaban J connectivity index is 2.18. The molecule has 0 aromatic carbocycles. The quantitative estimate of drug-likeness (QED) is 0.843. The number of hydrogen-bond donors (Lipinski definition) is 1. The van der Waals surface area contributed by atoms with Gasteiger partial charge in [-0.25, -0.2) is 14.8 Å². The molecule has 0 aliphatic heterocycles. The summed E-state index contributed by atoms with van der Waals surface area (Å²) in [6.07, 6.45) is 6.80. The van der Waals surface area contributed by atoms with Gasteiger partial charge in [0, 0.05) is 12.6 Å². The first-order chi connectivity index (χ1) is 7.70. The predicted molar refractivity (Wildman–Crippen MR) is 59.4 cm³/mol. The van der Waals surface area contributed by atoms with E-state index >= 15 is 0 Å². The number of carboxylic acid groups (broad SMARTS) is 1. The lowest BCUT2D eigenvalue weighted by atomic mass is 9.83. The molecule has 1 N–H and O–H groups in total. The SMILES string of the molecule is CCc1nc(CC2CCC2)ncc1C(=O)O. The van der Waals surface area contributed by atoms with E-state index in [-0.39, 0.29) is 5.56 Å². The molecule has 0 bridgehead atoms. The van der Waals surface area contributed by atoms with Crippen molar-refractivity contribution in [3.8, 4) is 0 Å². The summed E-state index contributed by atoms with van der Waals surface area (Å²) in [5.74, 6) is 0.568. The van der Waals surface area contributed by atoms with Crippen molar-refractivity contribution in [2.24, 2.45) is 5.92 Å². The van der Waals surface area contributed by atoms with Gasteiger partial charge in [-0.05, 0) is 12.3 Å². The van der Waals surface area contributed by atoms with Crippen molar-refractivity contribution in [3.63, 3.8) is 0 Å². The van der Waals surface area contributed by atoms with E-state index in [1.807, 2.05) is 6.92 Å². The van der Waals surface area contributed by atoms with Crippen LogP contribution in [-0.4, -0.2) is 21.0 Å². The zero-order valence-corrected chi connectivity index (χ0v) is 9.44. The third-order valence-corrected chi connectivity index (χ3v) is 3.18. The second kappa shape index (κ2) is 4.60. The number of carbonyl (C=O) groups is 1. The Kier molecular flexibility index (Phi) is 3.17. The van der Waals surface area contributed by atoms with E-state index in [1.54, 1.807) is 0 Å². The fourth-order valence-electron chi connectivity index (χ4n) is 1.96. The summed E-state index contributed by atoms with van der Waals surface area (Å²) in [4.78, 5) is 19.4. The fourth-order valence-corrected chi connectivity index (χ4v) is 1.96. The molecule has 1 fully saturated rings. The van der Waals surface area contributed by atoms with Gasteiger partial charge >= 0.3 is 5.97 Å². The van der Waals surface area contributed by atoms with Crippen molar-refractivity contribution < 1.29 is 9.90 Å². The minimum atomic E-state index is -0.938. The topological polar surface area (TPSA) is 63.1 Å². The van der Waals surface area contributed by atoms with Crippen molar-refractivity contribution in [2.45, 2.75) is 39.0 Å². The molecule has 1 aromatic heterocycles. The predicted octanol–water partition coefficient (Wildman–Crippen LogP) is 2.08. The smallest absolute Gasteiger partial charge is 0.339 e. The molecule has 1 saturated carbocycles. The lowest BCUT2D eigenvalue weighted by Crippen LogP contribution is -2.17. The number of aromatic carboxylic acids is 1. The first-order valence-electron chi connectivity index (χ1n) is 5.78. The Morgan fingerprint density at radius 2 is 2.31 bits per heavy atom. The molecule has 4 nitrogen and oxygen atoms in total. The summed E-state index contributed by atoms with van der Waals surface area (Å²) in [7, 11) is 0. The van der Waals surface area contributed by atoms with Gasteiger partial charge in [-0.15, -0.1) is 0 Å². The molecule has 0 unspecified atom stereocenters. The number of aromatic nitrogens is 2. The lowest BCUT2D eigenvalue weighted by molar-refractivity contribution is 0.0694. The molecule has 0 amide bonds. The Bertz CT molecular complexity index is 400. The summed E-state index contributed by atoms with van der Waals surface area (Å²) < 4.78 is 0. The van der Waals surface area contributed by atoms with Crippen molar-refractivity contribution >= 4 is 5.97 Å². The summed E-state index contributed by atoms with van der Waals surface area (Å²) in [6, 6.07) is 0. The highest BCUT2D eigenvalue weighted by molar-refractivity contribution is 5.88. The number of carboxylic acids is 1. The van der Waals surface area contributed by atoms with E-state index in [0.29, 0.717) is 18.0 Å². The maximum absolute atomic E-state index is 10.9. The Hall–Kier alpha value is -1.45. The first-order valence-corrected chi connectivity index (χ1v) is 5.78. The number of rotatable bonds is 4. The molecule has 0 saturated heterocycles. The molecule has 0 radical (unpaired) electrons. The van der Waals surface area contributed by atoms with Crippen LogP contribution in [0.5, 0.6) is 0 Å². The monoisotopic (exact) mass is 220 g/mol. The maximum atomic E-state index is 10.9. The average Bonchev–Trinajstić information content (AvgIpc) is 2.23. The van der Waals surface area contributed by atoms with Crippen LogP contribution in [0.2, 0.25) is 0 Å². The second-order valence-electron chi connectivity index (χ2n) is 4.31. The van der Waals surface area contributed by atoms with E-state index in [9.17, 15) is 4.79 Å². The van der Waals surface area contributed by atoms with Gasteiger partial charge in [-0.2, -0.15) is 0 Å². The van der Waals surface area contributed by atoms with Crippen molar-refractivity contribution in [3.05, 3.63) is 23.3 Å². The van der Waals surface area contributed by atoms with Crippen LogP contribution in [0.25, 0.3) is 0 Å². The molecular weight excluding hydrogens is 204 g/mol. The van der Waals surface area contributed by atoms with E-state index in [2.05, 4.69) is 9.97 Å². The Morgan fingerprint density at radius 3 is 2.81 bits per heavy atom. The average molecular weight is 220 g/mol. The van der Waals surface area contributed by atoms with Gasteiger partial charge in [0.2, 0.25) is 0 Å². The van der Waals surface area contributed by atoms with Crippen LogP contribution in [-0.2, 0) is 12.8 Å². The van der Waals surface area contributed by atoms with Crippen LogP contribution in [0.1, 0.15) is 48.1 Å². The Labute approximate surface area is 94.7 Å². The van der Waals surface area contributed by atoms with Gasteiger partial charge in [0.1, 0.15) is 5.82 Å². The molecule has 1 aliphatic rings. The van der Waals surface area contributed by atoms with Gasteiger partial charge in [-0.3, -0.25) is 0 Å². The molecule has 16 heavy (non-hydrogen) atoms. The third-order valence-electron chi connectivity index (χ3n) is 3.18. The van der Waals surface area contributed by atoms with E-state index in [0.717, 1.165) is 12.2 Å². The lowest BCUT2D eigenvalue weighted by Gasteiger charge is -2.24.